The Labute approximate surface area is 246 Å². The van der Waals surface area contributed by atoms with Crippen LogP contribution in [0.25, 0.3) is 0 Å². The molecule has 2 amide bonds. The highest BCUT2D eigenvalue weighted by Gasteiger charge is 2.51. The van der Waals surface area contributed by atoms with Crippen LogP contribution in [0.2, 0.25) is 0 Å². The molecule has 3 N–H and O–H groups in total. The van der Waals surface area contributed by atoms with E-state index in [2.05, 4.69) is 28.0 Å². The molecule has 0 radical (unpaired) electrons. The Kier molecular flexibility index (Phi) is 7.87. The maximum Gasteiger partial charge on any atom is 0.275 e. The number of hydrogen-bond donors (Lipinski definition) is 3. The molecule has 4 bridgehead atoms. The maximum atomic E-state index is 12.7. The van der Waals surface area contributed by atoms with Gasteiger partial charge in [0.25, 0.3) is 11.8 Å². The number of hydrogen-bond acceptors (Lipinski definition) is 6. The minimum atomic E-state index is -0.525. The summed E-state index contributed by atoms with van der Waals surface area (Å²) in [6.45, 7) is 2.10. The Bertz CT molecular complexity index is 1450. The second-order valence-corrected chi connectivity index (χ2v) is 12.0. The van der Waals surface area contributed by atoms with Crippen LogP contribution in [0.4, 0.5) is 5.69 Å². The number of phenols is 1. The first kappa shape index (κ1) is 27.8. The third-order valence-corrected chi connectivity index (χ3v) is 8.97. The van der Waals surface area contributed by atoms with Gasteiger partial charge >= 0.3 is 0 Å². The van der Waals surface area contributed by atoms with Crippen LogP contribution in [0.1, 0.15) is 66.9 Å². The van der Waals surface area contributed by atoms with Crippen LogP contribution in [0.3, 0.4) is 0 Å². The van der Waals surface area contributed by atoms with E-state index in [1.165, 1.54) is 62.4 Å². The normalized spacial score (nSPS) is 24.0. The van der Waals surface area contributed by atoms with E-state index in [0.717, 1.165) is 23.4 Å². The van der Waals surface area contributed by atoms with Crippen molar-refractivity contribution < 1.29 is 24.2 Å². The van der Waals surface area contributed by atoms with E-state index in [4.69, 9.17) is 9.47 Å². The zero-order valence-electron chi connectivity index (χ0n) is 23.8. The Morgan fingerprint density at radius 1 is 0.929 bits per heavy atom. The number of carbonyl (C=O) groups is 2. The minimum Gasteiger partial charge on any atom is -0.507 e. The van der Waals surface area contributed by atoms with Crippen molar-refractivity contribution in [2.24, 2.45) is 22.9 Å². The Morgan fingerprint density at radius 3 is 2.29 bits per heavy atom. The fraction of sp³-hybridized carbons (Fsp3) is 0.382. The third kappa shape index (κ3) is 5.98. The van der Waals surface area contributed by atoms with Gasteiger partial charge in [-0.05, 0) is 122 Å². The average molecular weight is 568 g/mol. The second kappa shape index (κ2) is 11.9. The van der Waals surface area contributed by atoms with Gasteiger partial charge in [-0.25, -0.2) is 5.43 Å². The van der Waals surface area contributed by atoms with Crippen molar-refractivity contribution in [1.29, 1.82) is 0 Å². The number of rotatable bonds is 10. The number of phenolic OH excluding ortho intramolecular Hbond substituents is 1. The number of amides is 2. The van der Waals surface area contributed by atoms with E-state index >= 15 is 0 Å². The number of aromatic hydroxyl groups is 1. The molecule has 4 aliphatic carbocycles. The number of hydrazone groups is 1. The molecule has 42 heavy (non-hydrogen) atoms. The molecule has 4 aliphatic rings. The molecule has 218 valence electrons. The van der Waals surface area contributed by atoms with Crippen LogP contribution in [0.15, 0.2) is 71.8 Å². The second-order valence-electron chi connectivity index (χ2n) is 12.0. The van der Waals surface area contributed by atoms with Crippen LogP contribution in [0.5, 0.6) is 17.2 Å². The molecule has 8 nitrogen and oxygen atoms in total. The molecular formula is C34H37N3O5. The first-order chi connectivity index (χ1) is 20.4. The first-order valence-electron chi connectivity index (χ1n) is 14.8. The fourth-order valence-corrected chi connectivity index (χ4v) is 7.60. The maximum absolute atomic E-state index is 12.7. The molecule has 4 fully saturated rings. The molecule has 0 saturated heterocycles. The summed E-state index contributed by atoms with van der Waals surface area (Å²) in [5.41, 5.74) is 5.72. The topological polar surface area (TPSA) is 109 Å². The van der Waals surface area contributed by atoms with Gasteiger partial charge in [0.1, 0.15) is 5.75 Å². The summed E-state index contributed by atoms with van der Waals surface area (Å²) in [6, 6.07) is 19.9. The lowest BCUT2D eigenvalue weighted by Crippen LogP contribution is -2.48. The molecule has 0 heterocycles. The lowest BCUT2D eigenvalue weighted by Gasteiger charge is -2.57. The van der Waals surface area contributed by atoms with Gasteiger partial charge in [-0.1, -0.05) is 24.3 Å². The van der Waals surface area contributed by atoms with Crippen LogP contribution in [0, 0.1) is 17.8 Å². The molecule has 3 aromatic carbocycles. The summed E-state index contributed by atoms with van der Waals surface area (Å²) < 4.78 is 11.5. The van der Waals surface area contributed by atoms with E-state index in [-0.39, 0.29) is 23.8 Å². The van der Waals surface area contributed by atoms with Crippen LogP contribution < -0.4 is 20.2 Å². The summed E-state index contributed by atoms with van der Waals surface area (Å²) in [6.07, 6.45) is 9.69. The fourth-order valence-electron chi connectivity index (χ4n) is 7.60. The van der Waals surface area contributed by atoms with Gasteiger partial charge in [0.15, 0.2) is 18.1 Å². The lowest BCUT2D eigenvalue weighted by atomic mass is 9.48. The molecular weight excluding hydrogens is 530 g/mol. The molecule has 0 aliphatic heterocycles. The van der Waals surface area contributed by atoms with Gasteiger partial charge in [0.2, 0.25) is 0 Å². The largest absolute Gasteiger partial charge is 0.507 e. The number of nitrogens with one attached hydrogen (secondary N) is 2. The Balaban J connectivity index is 1.03. The first-order valence-corrected chi connectivity index (χ1v) is 14.8. The summed E-state index contributed by atoms with van der Waals surface area (Å²) >= 11 is 0. The van der Waals surface area contributed by atoms with E-state index < -0.39 is 5.91 Å². The highest BCUT2D eigenvalue weighted by atomic mass is 16.5. The number of ether oxygens (including phenoxy) is 2. The van der Waals surface area contributed by atoms with Crippen molar-refractivity contribution in [2.75, 3.05) is 18.5 Å². The van der Waals surface area contributed by atoms with Crippen molar-refractivity contribution in [1.82, 2.24) is 5.43 Å². The number of benzene rings is 3. The minimum absolute atomic E-state index is 0.121. The van der Waals surface area contributed by atoms with E-state index in [1.54, 1.807) is 30.3 Å². The van der Waals surface area contributed by atoms with Gasteiger partial charge in [-0.15, -0.1) is 0 Å². The Morgan fingerprint density at radius 2 is 1.62 bits per heavy atom. The SMILES string of the molecule is CCOc1cc(/C=N/NC(=O)c2ccccc2O)ccc1OCC(=O)Nc1ccc(C23CC4CC(CC(C4)C2)C3)cc1. The number of carbonyl (C=O) groups excluding carboxylic acids is 2. The lowest BCUT2D eigenvalue weighted by molar-refractivity contribution is -0.118. The highest BCUT2D eigenvalue weighted by molar-refractivity contribution is 5.97. The monoisotopic (exact) mass is 567 g/mol. The molecule has 0 atom stereocenters. The van der Waals surface area contributed by atoms with Crippen molar-refractivity contribution >= 4 is 23.7 Å². The van der Waals surface area contributed by atoms with E-state index in [0.29, 0.717) is 29.1 Å². The van der Waals surface area contributed by atoms with Crippen molar-refractivity contribution in [3.8, 4) is 17.2 Å². The zero-order chi connectivity index (χ0) is 29.1. The van der Waals surface area contributed by atoms with Gasteiger partial charge in [0, 0.05) is 5.69 Å². The average Bonchev–Trinajstić information content (AvgIpc) is 2.97. The smallest absolute Gasteiger partial charge is 0.275 e. The zero-order valence-corrected chi connectivity index (χ0v) is 23.8. The van der Waals surface area contributed by atoms with Crippen LogP contribution in [-0.4, -0.2) is 36.3 Å². The Hall–Kier alpha value is -4.33. The van der Waals surface area contributed by atoms with E-state index in [9.17, 15) is 14.7 Å². The molecule has 3 aromatic rings. The third-order valence-electron chi connectivity index (χ3n) is 8.97. The molecule has 7 rings (SSSR count). The predicted octanol–water partition coefficient (Wildman–Crippen LogP) is 6.04. The molecule has 8 heteroatoms. The van der Waals surface area contributed by atoms with Crippen molar-refractivity contribution in [2.45, 2.75) is 50.9 Å². The number of para-hydroxylation sites is 1. The standard InChI is InChI=1S/C34H37N3O5/c1-2-41-31-16-22(20-35-37-33(40)28-5-3-4-6-29(28)38)7-12-30(31)42-21-32(39)36-27-10-8-26(9-11-27)34-17-23-13-24(18-34)15-25(14-23)19-34/h3-12,16,20,23-25,38H,2,13-15,17-19,21H2,1H3,(H,36,39)(H,37,40)/b35-20+. The number of anilines is 1. The van der Waals surface area contributed by atoms with E-state index in [1.807, 2.05) is 19.1 Å². The highest BCUT2D eigenvalue weighted by Crippen LogP contribution is 2.60. The van der Waals surface area contributed by atoms with Crippen molar-refractivity contribution in [3.63, 3.8) is 0 Å². The van der Waals surface area contributed by atoms with Gasteiger partial charge in [0.05, 0.1) is 18.4 Å². The summed E-state index contributed by atoms with van der Waals surface area (Å²) in [5.74, 6) is 2.68. The summed E-state index contributed by atoms with van der Waals surface area (Å²) in [4.78, 5) is 25.0. The molecule has 0 spiro atoms. The molecule has 4 saturated carbocycles. The van der Waals surface area contributed by atoms with Crippen molar-refractivity contribution in [3.05, 3.63) is 83.4 Å². The van der Waals surface area contributed by atoms with Crippen LogP contribution in [-0.2, 0) is 10.2 Å². The molecule has 0 unspecified atom stereocenters. The molecule has 0 aromatic heterocycles. The van der Waals surface area contributed by atoms with Gasteiger partial charge in [-0.2, -0.15) is 5.10 Å². The summed E-state index contributed by atoms with van der Waals surface area (Å²) in [7, 11) is 0. The van der Waals surface area contributed by atoms with Crippen LogP contribution >= 0.6 is 0 Å². The summed E-state index contributed by atoms with van der Waals surface area (Å²) in [5, 5.41) is 16.7. The van der Waals surface area contributed by atoms with Gasteiger partial charge in [-0.3, -0.25) is 9.59 Å². The number of nitrogens with zero attached hydrogens (tertiary/aromatic N) is 1. The quantitative estimate of drug-likeness (QED) is 0.204. The predicted molar refractivity (Wildman–Crippen MR) is 161 cm³/mol. The van der Waals surface area contributed by atoms with Gasteiger partial charge < -0.3 is 19.9 Å².